The van der Waals surface area contributed by atoms with E-state index in [2.05, 4.69) is 4.99 Å². The first kappa shape index (κ1) is 6.69. The Kier molecular flexibility index (Phi) is 1.63. The topological polar surface area (TPSA) is 53.2 Å². The fraction of sp³-hybridized carbons (Fsp3) is 0.286. The first-order chi connectivity index (χ1) is 4.75. The number of Topliss-reactive ketones (excluding diaryl/α,β-unsaturated/α-hetero) is 1. The lowest BCUT2D eigenvalue weighted by Gasteiger charge is -2.02. The minimum absolute atomic E-state index is 0.00782. The van der Waals surface area contributed by atoms with Crippen molar-refractivity contribution in [1.82, 2.24) is 0 Å². The van der Waals surface area contributed by atoms with E-state index in [1.165, 1.54) is 6.21 Å². The van der Waals surface area contributed by atoms with Gasteiger partial charge in [-0.2, -0.15) is 5.26 Å². The van der Waals surface area contributed by atoms with Crippen LogP contribution in [-0.2, 0) is 4.79 Å². The van der Waals surface area contributed by atoms with Crippen LogP contribution in [0.4, 0.5) is 0 Å². The van der Waals surface area contributed by atoms with Gasteiger partial charge >= 0.3 is 0 Å². The highest BCUT2D eigenvalue weighted by atomic mass is 16.1. The average molecular weight is 134 g/mol. The van der Waals surface area contributed by atoms with Crippen molar-refractivity contribution in [2.24, 2.45) is 4.99 Å². The third-order valence-electron chi connectivity index (χ3n) is 1.38. The van der Waals surface area contributed by atoms with Crippen molar-refractivity contribution in [2.45, 2.75) is 13.3 Å². The van der Waals surface area contributed by atoms with Crippen molar-refractivity contribution in [3.63, 3.8) is 0 Å². The van der Waals surface area contributed by atoms with Crippen LogP contribution in [0.1, 0.15) is 13.3 Å². The molecule has 1 aliphatic rings. The van der Waals surface area contributed by atoms with E-state index >= 15 is 0 Å². The Hall–Kier alpha value is -1.43. The van der Waals surface area contributed by atoms with Crippen molar-refractivity contribution < 1.29 is 4.79 Å². The van der Waals surface area contributed by atoms with Gasteiger partial charge < -0.3 is 0 Å². The van der Waals surface area contributed by atoms with Crippen molar-refractivity contribution in [2.75, 3.05) is 0 Å². The molecule has 0 amide bonds. The van der Waals surface area contributed by atoms with Gasteiger partial charge in [-0.1, -0.05) is 0 Å². The second kappa shape index (κ2) is 2.44. The molecule has 0 spiro atoms. The van der Waals surface area contributed by atoms with Crippen LogP contribution in [0.15, 0.2) is 16.3 Å². The Morgan fingerprint density at radius 1 is 1.80 bits per heavy atom. The summed E-state index contributed by atoms with van der Waals surface area (Å²) in [6.45, 7) is 1.62. The summed E-state index contributed by atoms with van der Waals surface area (Å²) in [6.07, 6.45) is 1.80. The van der Waals surface area contributed by atoms with Gasteiger partial charge in [0, 0.05) is 18.2 Å². The van der Waals surface area contributed by atoms with Crippen LogP contribution in [0.5, 0.6) is 0 Å². The SMILES string of the molecule is CC1=C(C#N)N=CCC1=O. The lowest BCUT2D eigenvalue weighted by atomic mass is 10.1. The molecule has 1 rings (SSSR count). The molecule has 3 heteroatoms. The van der Waals surface area contributed by atoms with Crippen LogP contribution in [0.3, 0.4) is 0 Å². The lowest BCUT2D eigenvalue weighted by molar-refractivity contribution is -0.114. The number of ketones is 1. The van der Waals surface area contributed by atoms with Crippen molar-refractivity contribution in [1.29, 1.82) is 5.26 Å². The minimum Gasteiger partial charge on any atom is -0.294 e. The van der Waals surface area contributed by atoms with Crippen LogP contribution in [0.25, 0.3) is 0 Å². The van der Waals surface area contributed by atoms with Crippen molar-refractivity contribution in [3.8, 4) is 6.07 Å². The largest absolute Gasteiger partial charge is 0.294 e. The summed E-state index contributed by atoms with van der Waals surface area (Å²) >= 11 is 0. The molecule has 0 N–H and O–H groups in total. The van der Waals surface area contributed by atoms with Gasteiger partial charge in [0.05, 0.1) is 0 Å². The number of aliphatic imine (C=N–C) groups is 1. The molecule has 1 aliphatic heterocycles. The van der Waals surface area contributed by atoms with Crippen LogP contribution in [0, 0.1) is 11.3 Å². The molecule has 0 unspecified atom stereocenters. The normalized spacial score (nSPS) is 17.4. The molecule has 10 heavy (non-hydrogen) atoms. The zero-order valence-corrected chi connectivity index (χ0v) is 5.59. The third kappa shape index (κ3) is 0.960. The molecule has 0 atom stereocenters. The Morgan fingerprint density at radius 2 is 2.50 bits per heavy atom. The van der Waals surface area contributed by atoms with E-state index in [0.29, 0.717) is 12.0 Å². The van der Waals surface area contributed by atoms with E-state index in [1.54, 1.807) is 6.92 Å². The van der Waals surface area contributed by atoms with E-state index < -0.39 is 0 Å². The molecule has 0 aliphatic carbocycles. The second-order valence-electron chi connectivity index (χ2n) is 2.02. The van der Waals surface area contributed by atoms with Gasteiger partial charge in [-0.3, -0.25) is 4.79 Å². The van der Waals surface area contributed by atoms with Crippen LogP contribution in [0.2, 0.25) is 0 Å². The van der Waals surface area contributed by atoms with E-state index in [4.69, 9.17) is 5.26 Å². The number of rotatable bonds is 0. The predicted octanol–water partition coefficient (Wildman–Crippen LogP) is 0.828. The highest BCUT2D eigenvalue weighted by Gasteiger charge is 2.12. The fourth-order valence-electron chi connectivity index (χ4n) is 0.715. The van der Waals surface area contributed by atoms with Gasteiger partial charge in [0.1, 0.15) is 11.8 Å². The van der Waals surface area contributed by atoms with E-state index in [0.717, 1.165) is 0 Å². The summed E-state index contributed by atoms with van der Waals surface area (Å²) in [5.74, 6) is -0.00782. The summed E-state index contributed by atoms with van der Waals surface area (Å²) in [6, 6.07) is 1.84. The molecule has 1 heterocycles. The monoisotopic (exact) mass is 134 g/mol. The van der Waals surface area contributed by atoms with Gasteiger partial charge in [0.2, 0.25) is 0 Å². The van der Waals surface area contributed by atoms with E-state index in [1.807, 2.05) is 6.07 Å². The third-order valence-corrected chi connectivity index (χ3v) is 1.38. The summed E-state index contributed by atoms with van der Waals surface area (Å²) in [7, 11) is 0. The van der Waals surface area contributed by atoms with Crippen LogP contribution < -0.4 is 0 Å². The second-order valence-corrected chi connectivity index (χ2v) is 2.02. The Morgan fingerprint density at radius 3 is 3.00 bits per heavy atom. The quantitative estimate of drug-likeness (QED) is 0.492. The molecular formula is C7H6N2O. The highest BCUT2D eigenvalue weighted by Crippen LogP contribution is 2.11. The van der Waals surface area contributed by atoms with Gasteiger partial charge in [0.25, 0.3) is 0 Å². The van der Waals surface area contributed by atoms with Crippen LogP contribution in [-0.4, -0.2) is 12.0 Å². The number of allylic oxidation sites excluding steroid dienone is 2. The number of nitrogens with zero attached hydrogens (tertiary/aromatic N) is 2. The maximum absolute atomic E-state index is 10.9. The Labute approximate surface area is 58.7 Å². The van der Waals surface area contributed by atoms with Gasteiger partial charge in [0.15, 0.2) is 5.78 Å². The van der Waals surface area contributed by atoms with Gasteiger partial charge in [-0.15, -0.1) is 0 Å². The van der Waals surface area contributed by atoms with Crippen molar-refractivity contribution >= 4 is 12.0 Å². The first-order valence-electron chi connectivity index (χ1n) is 2.92. The lowest BCUT2D eigenvalue weighted by Crippen LogP contribution is -2.06. The fourth-order valence-corrected chi connectivity index (χ4v) is 0.715. The number of hydrogen-bond donors (Lipinski definition) is 0. The summed E-state index contributed by atoms with van der Waals surface area (Å²) < 4.78 is 0. The number of nitriles is 1. The maximum atomic E-state index is 10.9. The molecule has 0 fully saturated rings. The first-order valence-corrected chi connectivity index (χ1v) is 2.92. The molecule has 0 bridgehead atoms. The number of carbonyl (C=O) groups is 1. The smallest absolute Gasteiger partial charge is 0.166 e. The molecule has 0 radical (unpaired) electrons. The standard InChI is InChI=1S/C7H6N2O/c1-5-6(4-8)9-3-2-7(5)10/h3H,2H2,1H3. The molecule has 3 nitrogen and oxygen atoms in total. The summed E-state index contributed by atoms with van der Waals surface area (Å²) in [5, 5.41) is 8.41. The van der Waals surface area contributed by atoms with Crippen molar-refractivity contribution in [3.05, 3.63) is 11.3 Å². The predicted molar refractivity (Wildman–Crippen MR) is 36.4 cm³/mol. The molecular weight excluding hydrogens is 128 g/mol. The van der Waals surface area contributed by atoms with E-state index in [-0.39, 0.29) is 11.5 Å². The molecule has 0 aromatic heterocycles. The summed E-state index contributed by atoms with van der Waals surface area (Å²) in [5.41, 5.74) is 0.723. The summed E-state index contributed by atoms with van der Waals surface area (Å²) in [4.78, 5) is 14.6. The number of hydrogen-bond acceptors (Lipinski definition) is 3. The maximum Gasteiger partial charge on any atom is 0.166 e. The molecule has 0 aromatic carbocycles. The molecule has 0 saturated carbocycles. The van der Waals surface area contributed by atoms with Gasteiger partial charge in [-0.05, 0) is 6.92 Å². The molecule has 0 aromatic rings. The van der Waals surface area contributed by atoms with Gasteiger partial charge in [-0.25, -0.2) is 4.99 Å². The Bertz CT molecular complexity index is 268. The number of carbonyl (C=O) groups excluding carboxylic acids is 1. The Balaban J connectivity index is 3.08. The van der Waals surface area contributed by atoms with E-state index in [9.17, 15) is 4.79 Å². The highest BCUT2D eigenvalue weighted by molar-refractivity contribution is 6.05. The molecule has 0 saturated heterocycles. The zero-order chi connectivity index (χ0) is 7.56. The van der Waals surface area contributed by atoms with Crippen LogP contribution >= 0.6 is 0 Å². The average Bonchev–Trinajstić information content (AvgIpc) is 1.95. The minimum atomic E-state index is -0.00782. The zero-order valence-electron chi connectivity index (χ0n) is 5.59. The molecule has 50 valence electrons.